The number of hydrogen-bond acceptors (Lipinski definition) is 4. The number of aryl methyl sites for hydroxylation is 1. The first-order valence-corrected chi connectivity index (χ1v) is 6.71. The van der Waals surface area contributed by atoms with Crippen LogP contribution in [0.15, 0.2) is 23.1 Å². The number of primary sulfonamides is 1. The van der Waals surface area contributed by atoms with Gasteiger partial charge in [0.1, 0.15) is 0 Å². The fraction of sp³-hybridized carbons (Fsp3) is 0.200. The summed E-state index contributed by atoms with van der Waals surface area (Å²) >= 11 is 0. The van der Waals surface area contributed by atoms with Crippen LogP contribution in [-0.4, -0.2) is 26.9 Å². The Kier molecular flexibility index (Phi) is 4.46. The summed E-state index contributed by atoms with van der Waals surface area (Å²) in [5, 5.41) is 9.56. The first-order valence-electron chi connectivity index (χ1n) is 5.17. The summed E-state index contributed by atoms with van der Waals surface area (Å²) in [7, 11) is -3.86. The molecule has 6 N–H and O–H groups in total. The van der Waals surface area contributed by atoms with Crippen LogP contribution < -0.4 is 21.5 Å². The van der Waals surface area contributed by atoms with E-state index in [1.165, 1.54) is 18.2 Å². The Morgan fingerprint density at radius 3 is 2.47 bits per heavy atom. The molecule has 0 radical (unpaired) electrons. The molecule has 0 fully saturated rings. The lowest BCUT2D eigenvalue weighted by atomic mass is 10.2. The molecule has 0 aliphatic rings. The standard InChI is InChI=1S/C10H14N4O4S/c1-6-2-3-7(4-8(6)19(12,17)18)14-9(15)5-13-10(11)16/h2-4H,5H2,1H3,(H,14,15)(H3,11,13,16)(H2,12,17,18). The van der Waals surface area contributed by atoms with E-state index in [0.717, 1.165) is 0 Å². The normalized spacial score (nSPS) is 10.8. The van der Waals surface area contributed by atoms with Crippen LogP contribution in [0, 0.1) is 6.92 Å². The van der Waals surface area contributed by atoms with Gasteiger partial charge in [-0.05, 0) is 24.6 Å². The summed E-state index contributed by atoms with van der Waals surface area (Å²) in [6.45, 7) is 1.27. The SMILES string of the molecule is Cc1ccc(NC(=O)CNC(N)=O)cc1S(N)(=O)=O. The third-order valence-electron chi connectivity index (χ3n) is 2.20. The first kappa shape index (κ1) is 14.9. The van der Waals surface area contributed by atoms with Crippen molar-refractivity contribution in [2.24, 2.45) is 10.9 Å². The predicted octanol–water partition coefficient (Wildman–Crippen LogP) is -0.751. The zero-order valence-corrected chi connectivity index (χ0v) is 11.0. The third kappa shape index (κ3) is 4.56. The van der Waals surface area contributed by atoms with Crippen LogP contribution >= 0.6 is 0 Å². The molecule has 1 aromatic rings. The zero-order valence-electron chi connectivity index (χ0n) is 10.1. The number of anilines is 1. The van der Waals surface area contributed by atoms with Crippen LogP contribution in [0.5, 0.6) is 0 Å². The number of sulfonamides is 1. The fourth-order valence-electron chi connectivity index (χ4n) is 1.36. The Bertz CT molecular complexity index is 612. The number of primary amides is 1. The van der Waals surface area contributed by atoms with E-state index in [9.17, 15) is 18.0 Å². The van der Waals surface area contributed by atoms with Gasteiger partial charge in [0, 0.05) is 5.69 Å². The van der Waals surface area contributed by atoms with E-state index in [-0.39, 0.29) is 17.1 Å². The molecule has 0 bridgehead atoms. The van der Waals surface area contributed by atoms with Gasteiger partial charge in [-0.15, -0.1) is 0 Å². The minimum Gasteiger partial charge on any atom is -0.352 e. The maximum absolute atomic E-state index is 11.4. The van der Waals surface area contributed by atoms with Crippen LogP contribution in [0.3, 0.4) is 0 Å². The topological polar surface area (TPSA) is 144 Å². The number of rotatable bonds is 4. The van der Waals surface area contributed by atoms with E-state index >= 15 is 0 Å². The quantitative estimate of drug-likeness (QED) is 0.577. The van der Waals surface area contributed by atoms with E-state index in [1.54, 1.807) is 6.92 Å². The Morgan fingerprint density at radius 1 is 1.32 bits per heavy atom. The molecule has 0 heterocycles. The van der Waals surface area contributed by atoms with E-state index in [1.807, 2.05) is 0 Å². The Morgan fingerprint density at radius 2 is 1.95 bits per heavy atom. The minimum absolute atomic E-state index is 0.0758. The molecule has 1 aromatic carbocycles. The lowest BCUT2D eigenvalue weighted by Crippen LogP contribution is -2.36. The average molecular weight is 286 g/mol. The molecule has 19 heavy (non-hydrogen) atoms. The monoisotopic (exact) mass is 286 g/mol. The van der Waals surface area contributed by atoms with E-state index in [2.05, 4.69) is 10.6 Å². The predicted molar refractivity (Wildman–Crippen MR) is 68.8 cm³/mol. The molecule has 0 aliphatic heterocycles. The van der Waals surface area contributed by atoms with Gasteiger partial charge in [-0.2, -0.15) is 0 Å². The molecule has 0 atom stereocenters. The molecule has 0 unspecified atom stereocenters. The summed E-state index contributed by atoms with van der Waals surface area (Å²) in [6, 6.07) is 3.44. The number of nitrogens with two attached hydrogens (primary N) is 2. The lowest BCUT2D eigenvalue weighted by molar-refractivity contribution is -0.115. The average Bonchev–Trinajstić information content (AvgIpc) is 2.27. The smallest absolute Gasteiger partial charge is 0.312 e. The molecule has 0 saturated heterocycles. The Labute approximate surface area is 110 Å². The summed E-state index contributed by atoms with van der Waals surface area (Å²) in [5.74, 6) is -0.539. The molecule has 3 amide bonds. The third-order valence-corrected chi connectivity index (χ3v) is 3.25. The van der Waals surface area contributed by atoms with Gasteiger partial charge >= 0.3 is 6.03 Å². The van der Waals surface area contributed by atoms with Crippen LogP contribution in [0.1, 0.15) is 5.56 Å². The van der Waals surface area contributed by atoms with Gasteiger partial charge in [0.15, 0.2) is 0 Å². The van der Waals surface area contributed by atoms with Crippen molar-refractivity contribution >= 4 is 27.6 Å². The molecule has 0 spiro atoms. The Balaban J connectivity index is 2.86. The van der Waals surface area contributed by atoms with Crippen molar-refractivity contribution in [2.45, 2.75) is 11.8 Å². The molecule has 9 heteroatoms. The summed E-state index contributed by atoms with van der Waals surface area (Å²) < 4.78 is 22.6. The molecule has 0 saturated carbocycles. The summed E-state index contributed by atoms with van der Waals surface area (Å²) in [4.78, 5) is 21.7. The second-order valence-electron chi connectivity index (χ2n) is 3.79. The highest BCUT2D eigenvalue weighted by Crippen LogP contribution is 2.18. The maximum atomic E-state index is 11.4. The van der Waals surface area contributed by atoms with E-state index in [0.29, 0.717) is 5.56 Å². The number of hydrogen-bond donors (Lipinski definition) is 4. The highest BCUT2D eigenvalue weighted by Gasteiger charge is 2.13. The number of benzene rings is 1. The Hall–Kier alpha value is -2.13. The van der Waals surface area contributed by atoms with Crippen molar-refractivity contribution < 1.29 is 18.0 Å². The minimum atomic E-state index is -3.86. The molecule has 0 aliphatic carbocycles. The molecule has 1 rings (SSSR count). The second kappa shape index (κ2) is 5.67. The largest absolute Gasteiger partial charge is 0.352 e. The van der Waals surface area contributed by atoms with Gasteiger partial charge in [-0.3, -0.25) is 4.79 Å². The van der Waals surface area contributed by atoms with Crippen molar-refractivity contribution in [3.8, 4) is 0 Å². The number of urea groups is 1. The van der Waals surface area contributed by atoms with Crippen LogP contribution in [0.2, 0.25) is 0 Å². The molecule has 0 aromatic heterocycles. The lowest BCUT2D eigenvalue weighted by Gasteiger charge is -2.09. The second-order valence-corrected chi connectivity index (χ2v) is 5.32. The first-order chi connectivity index (χ1) is 8.70. The van der Waals surface area contributed by atoms with Gasteiger partial charge in [0.25, 0.3) is 0 Å². The van der Waals surface area contributed by atoms with Gasteiger partial charge in [0.2, 0.25) is 15.9 Å². The van der Waals surface area contributed by atoms with Crippen LogP contribution in [-0.2, 0) is 14.8 Å². The van der Waals surface area contributed by atoms with Gasteiger partial charge in [0.05, 0.1) is 11.4 Å². The van der Waals surface area contributed by atoms with Gasteiger partial charge in [-0.1, -0.05) is 6.07 Å². The highest BCUT2D eigenvalue weighted by molar-refractivity contribution is 7.89. The van der Waals surface area contributed by atoms with Crippen molar-refractivity contribution in [3.63, 3.8) is 0 Å². The van der Waals surface area contributed by atoms with Crippen LogP contribution in [0.4, 0.5) is 10.5 Å². The van der Waals surface area contributed by atoms with Crippen molar-refractivity contribution in [1.29, 1.82) is 0 Å². The number of amides is 3. The number of carbonyl (C=O) groups excluding carboxylic acids is 2. The highest BCUT2D eigenvalue weighted by atomic mass is 32.2. The summed E-state index contributed by atoms with van der Waals surface area (Å²) in [5.41, 5.74) is 5.53. The van der Waals surface area contributed by atoms with Gasteiger partial charge in [-0.25, -0.2) is 18.4 Å². The van der Waals surface area contributed by atoms with Crippen molar-refractivity contribution in [2.75, 3.05) is 11.9 Å². The molecular formula is C10H14N4O4S. The molecular weight excluding hydrogens is 272 g/mol. The maximum Gasteiger partial charge on any atom is 0.312 e. The molecule has 8 nitrogen and oxygen atoms in total. The number of carbonyl (C=O) groups is 2. The fourth-order valence-corrected chi connectivity index (χ4v) is 2.17. The number of nitrogens with one attached hydrogen (secondary N) is 2. The van der Waals surface area contributed by atoms with E-state index < -0.39 is 22.0 Å². The van der Waals surface area contributed by atoms with Gasteiger partial charge < -0.3 is 16.4 Å². The van der Waals surface area contributed by atoms with Crippen LogP contribution in [0.25, 0.3) is 0 Å². The summed E-state index contributed by atoms with van der Waals surface area (Å²) in [6.07, 6.45) is 0. The van der Waals surface area contributed by atoms with Crippen molar-refractivity contribution in [3.05, 3.63) is 23.8 Å². The van der Waals surface area contributed by atoms with E-state index in [4.69, 9.17) is 10.9 Å². The zero-order chi connectivity index (χ0) is 14.6. The molecule has 104 valence electrons. The van der Waals surface area contributed by atoms with Crippen molar-refractivity contribution in [1.82, 2.24) is 5.32 Å².